The fourth-order valence-electron chi connectivity index (χ4n) is 2.22. The summed E-state index contributed by atoms with van der Waals surface area (Å²) < 4.78 is 6.03. The predicted octanol–water partition coefficient (Wildman–Crippen LogP) is 3.99. The van der Waals surface area contributed by atoms with Crippen LogP contribution in [0.15, 0.2) is 42.5 Å². The van der Waals surface area contributed by atoms with E-state index >= 15 is 0 Å². The van der Waals surface area contributed by atoms with Crippen LogP contribution in [0.5, 0.6) is 11.5 Å². The molecule has 2 aromatic carbocycles. The van der Waals surface area contributed by atoms with Gasteiger partial charge in [-0.2, -0.15) is 0 Å². The second-order valence-corrected chi connectivity index (χ2v) is 4.93. The van der Waals surface area contributed by atoms with Crippen LogP contribution in [0.3, 0.4) is 0 Å². The fourth-order valence-corrected chi connectivity index (χ4v) is 2.22. The summed E-state index contributed by atoms with van der Waals surface area (Å²) >= 11 is 0. The van der Waals surface area contributed by atoms with Crippen molar-refractivity contribution in [3.8, 4) is 11.5 Å². The van der Waals surface area contributed by atoms with Crippen molar-refractivity contribution in [3.63, 3.8) is 0 Å². The van der Waals surface area contributed by atoms with Crippen molar-refractivity contribution in [2.45, 2.75) is 26.7 Å². The minimum atomic E-state index is 0.706. The van der Waals surface area contributed by atoms with Gasteiger partial charge in [0.05, 0.1) is 0 Å². The van der Waals surface area contributed by atoms with Gasteiger partial charge in [0.15, 0.2) is 0 Å². The molecule has 0 saturated heterocycles. The van der Waals surface area contributed by atoms with Gasteiger partial charge in [0.25, 0.3) is 0 Å². The number of nitrogens with two attached hydrogens (primary N) is 1. The maximum absolute atomic E-state index is 6.03. The SMILES string of the molecule is Cc1cc(C)cc(Oc2ccccc2CCCN)c1. The van der Waals surface area contributed by atoms with Crippen molar-refractivity contribution in [3.05, 3.63) is 59.2 Å². The van der Waals surface area contributed by atoms with Gasteiger partial charge < -0.3 is 10.5 Å². The summed E-state index contributed by atoms with van der Waals surface area (Å²) in [7, 11) is 0. The molecule has 0 aliphatic carbocycles. The number of hydrogen-bond acceptors (Lipinski definition) is 2. The molecule has 0 saturated carbocycles. The van der Waals surface area contributed by atoms with Crippen molar-refractivity contribution in [2.75, 3.05) is 6.54 Å². The molecule has 0 atom stereocenters. The van der Waals surface area contributed by atoms with Crippen LogP contribution in [-0.2, 0) is 6.42 Å². The first kappa shape index (κ1) is 13.6. The highest BCUT2D eigenvalue weighted by molar-refractivity contribution is 5.40. The lowest BCUT2D eigenvalue weighted by Gasteiger charge is -2.12. The molecular weight excluding hydrogens is 234 g/mol. The Labute approximate surface area is 115 Å². The van der Waals surface area contributed by atoms with Gasteiger partial charge in [-0.05, 0) is 68.1 Å². The van der Waals surface area contributed by atoms with Gasteiger partial charge >= 0.3 is 0 Å². The molecule has 0 unspecified atom stereocenters. The Morgan fingerprint density at radius 1 is 1.00 bits per heavy atom. The molecule has 0 fully saturated rings. The monoisotopic (exact) mass is 255 g/mol. The molecule has 0 bridgehead atoms. The van der Waals surface area contributed by atoms with Gasteiger partial charge in [0.2, 0.25) is 0 Å². The molecule has 0 aliphatic rings. The summed E-state index contributed by atoms with van der Waals surface area (Å²) in [5, 5.41) is 0. The second-order valence-electron chi connectivity index (χ2n) is 4.93. The van der Waals surface area contributed by atoms with Crippen molar-refractivity contribution >= 4 is 0 Å². The number of ether oxygens (including phenoxy) is 1. The molecule has 0 amide bonds. The first-order chi connectivity index (χ1) is 9.19. The molecule has 100 valence electrons. The van der Waals surface area contributed by atoms with E-state index in [1.54, 1.807) is 0 Å². The highest BCUT2D eigenvalue weighted by Gasteiger charge is 2.05. The Hall–Kier alpha value is -1.80. The number of benzene rings is 2. The first-order valence-electron chi connectivity index (χ1n) is 6.73. The molecule has 2 rings (SSSR count). The van der Waals surface area contributed by atoms with E-state index < -0.39 is 0 Å². The predicted molar refractivity (Wildman–Crippen MR) is 79.8 cm³/mol. The Balaban J connectivity index is 2.22. The molecule has 19 heavy (non-hydrogen) atoms. The number of hydrogen-bond donors (Lipinski definition) is 1. The largest absolute Gasteiger partial charge is 0.457 e. The van der Waals surface area contributed by atoms with Gasteiger partial charge in [-0.3, -0.25) is 0 Å². The van der Waals surface area contributed by atoms with Gasteiger partial charge in [-0.25, -0.2) is 0 Å². The minimum Gasteiger partial charge on any atom is -0.457 e. The number of para-hydroxylation sites is 1. The average molecular weight is 255 g/mol. The quantitative estimate of drug-likeness (QED) is 0.876. The van der Waals surface area contributed by atoms with E-state index in [0.717, 1.165) is 24.3 Å². The molecule has 0 aromatic heterocycles. The van der Waals surface area contributed by atoms with E-state index in [2.05, 4.69) is 38.1 Å². The lowest BCUT2D eigenvalue weighted by molar-refractivity contribution is 0.474. The van der Waals surface area contributed by atoms with Crippen LogP contribution in [0.1, 0.15) is 23.1 Å². The lowest BCUT2D eigenvalue weighted by Crippen LogP contribution is -2.01. The summed E-state index contributed by atoms with van der Waals surface area (Å²) in [4.78, 5) is 0. The molecule has 2 N–H and O–H groups in total. The summed E-state index contributed by atoms with van der Waals surface area (Å²) in [6.45, 7) is 4.87. The van der Waals surface area contributed by atoms with E-state index in [1.165, 1.54) is 16.7 Å². The molecule has 0 heterocycles. The van der Waals surface area contributed by atoms with E-state index in [9.17, 15) is 0 Å². The highest BCUT2D eigenvalue weighted by Crippen LogP contribution is 2.27. The van der Waals surface area contributed by atoms with E-state index in [1.807, 2.05) is 18.2 Å². The Morgan fingerprint density at radius 3 is 2.37 bits per heavy atom. The van der Waals surface area contributed by atoms with Crippen LogP contribution >= 0.6 is 0 Å². The summed E-state index contributed by atoms with van der Waals surface area (Å²) in [5.74, 6) is 1.83. The average Bonchev–Trinajstić information content (AvgIpc) is 2.36. The molecule has 2 nitrogen and oxygen atoms in total. The zero-order chi connectivity index (χ0) is 13.7. The Bertz CT molecular complexity index is 528. The number of aryl methyl sites for hydroxylation is 3. The van der Waals surface area contributed by atoms with Crippen molar-refractivity contribution in [1.29, 1.82) is 0 Å². The van der Waals surface area contributed by atoms with Crippen LogP contribution in [0, 0.1) is 13.8 Å². The van der Waals surface area contributed by atoms with Crippen LogP contribution in [-0.4, -0.2) is 6.54 Å². The number of rotatable bonds is 5. The topological polar surface area (TPSA) is 35.2 Å². The maximum Gasteiger partial charge on any atom is 0.130 e. The normalized spacial score (nSPS) is 10.5. The smallest absolute Gasteiger partial charge is 0.130 e. The highest BCUT2D eigenvalue weighted by atomic mass is 16.5. The van der Waals surface area contributed by atoms with E-state index in [-0.39, 0.29) is 0 Å². The second kappa shape index (κ2) is 6.39. The maximum atomic E-state index is 6.03. The van der Waals surface area contributed by atoms with Gasteiger partial charge in [-0.15, -0.1) is 0 Å². The molecule has 2 aromatic rings. The molecule has 0 aliphatic heterocycles. The summed E-state index contributed by atoms with van der Waals surface area (Å²) in [5.41, 5.74) is 9.23. The van der Waals surface area contributed by atoms with Crippen LogP contribution in [0.4, 0.5) is 0 Å². The zero-order valence-electron chi connectivity index (χ0n) is 11.6. The Kier molecular flexibility index (Phi) is 4.58. The lowest BCUT2D eigenvalue weighted by atomic mass is 10.1. The van der Waals surface area contributed by atoms with Gasteiger partial charge in [-0.1, -0.05) is 24.3 Å². The zero-order valence-corrected chi connectivity index (χ0v) is 11.6. The molecular formula is C17H21NO. The third kappa shape index (κ3) is 3.83. The van der Waals surface area contributed by atoms with Crippen molar-refractivity contribution in [1.82, 2.24) is 0 Å². The Morgan fingerprint density at radius 2 is 1.68 bits per heavy atom. The van der Waals surface area contributed by atoms with Crippen LogP contribution < -0.4 is 10.5 Å². The molecule has 0 radical (unpaired) electrons. The fraction of sp³-hybridized carbons (Fsp3) is 0.294. The van der Waals surface area contributed by atoms with Gasteiger partial charge in [0, 0.05) is 0 Å². The molecule has 2 heteroatoms. The minimum absolute atomic E-state index is 0.706. The van der Waals surface area contributed by atoms with E-state index in [0.29, 0.717) is 6.54 Å². The molecule has 0 spiro atoms. The van der Waals surface area contributed by atoms with Crippen LogP contribution in [0.2, 0.25) is 0 Å². The van der Waals surface area contributed by atoms with Gasteiger partial charge in [0.1, 0.15) is 11.5 Å². The van der Waals surface area contributed by atoms with Crippen molar-refractivity contribution < 1.29 is 4.74 Å². The van der Waals surface area contributed by atoms with Crippen molar-refractivity contribution in [2.24, 2.45) is 5.73 Å². The first-order valence-corrected chi connectivity index (χ1v) is 6.73. The third-order valence-electron chi connectivity index (χ3n) is 3.05. The summed E-state index contributed by atoms with van der Waals surface area (Å²) in [6, 6.07) is 14.4. The summed E-state index contributed by atoms with van der Waals surface area (Å²) in [6.07, 6.45) is 1.94. The van der Waals surface area contributed by atoms with Crippen LogP contribution in [0.25, 0.3) is 0 Å². The van der Waals surface area contributed by atoms with E-state index in [4.69, 9.17) is 10.5 Å². The standard InChI is InChI=1S/C17H21NO/c1-13-10-14(2)12-16(11-13)19-17-8-4-3-6-15(17)7-5-9-18/h3-4,6,8,10-12H,5,7,9,18H2,1-2H3. The third-order valence-corrected chi connectivity index (χ3v) is 3.05.